The van der Waals surface area contributed by atoms with Crippen LogP contribution in [0, 0.1) is 0 Å². The number of fused-ring (bicyclic) bond motifs is 13. The molecule has 0 bridgehead atoms. The molecule has 288 valence electrons. The number of hydrogen-bond donors (Lipinski definition) is 0. The third kappa shape index (κ3) is 5.10. The predicted octanol–water partition coefficient (Wildman–Crippen LogP) is 14.4. The molecule has 2 heterocycles. The van der Waals surface area contributed by atoms with E-state index in [2.05, 4.69) is 164 Å². The minimum Gasteiger partial charge on any atom is -0.456 e. The second-order valence-electron chi connectivity index (χ2n) is 16.3. The first-order valence-electron chi connectivity index (χ1n) is 21.1. The maximum Gasteiger partial charge on any atom is 0.164 e. The first kappa shape index (κ1) is 34.6. The summed E-state index contributed by atoms with van der Waals surface area (Å²) in [6.07, 6.45) is 0. The van der Waals surface area contributed by atoms with E-state index in [1.165, 1.54) is 50.1 Å². The van der Waals surface area contributed by atoms with Gasteiger partial charge in [-0.3, -0.25) is 0 Å². The van der Waals surface area contributed by atoms with E-state index in [-0.39, 0.29) is 5.41 Å². The minimum absolute atomic E-state index is 0.351. The smallest absolute Gasteiger partial charge is 0.164 e. The zero-order chi connectivity index (χ0) is 40.8. The standard InChI is InChI=1S/C58H35N3O/c1-2-13-37(14-3-1)55-59-56(61-57(60-55)42-16-12-15-39(33-42)41-29-31-47-46-20-7-11-24-53(46)62-54(47)35-41)38-27-25-36(26-28-38)40-30-32-52-48(34-40)45-19-6-10-23-51(45)58(52)49-21-8-4-17-43(49)44-18-5-9-22-50(44)58/h1-35H. The summed E-state index contributed by atoms with van der Waals surface area (Å²) in [4.78, 5) is 15.2. The van der Waals surface area contributed by atoms with Crippen LogP contribution in [0.2, 0.25) is 0 Å². The SMILES string of the molecule is c1ccc(-c2nc(-c3ccc(-c4ccc5c(c4)-c4ccccc4C54c5ccccc5-c5ccccc54)cc3)nc(-c3cccc(-c4ccc5c(c4)oc4ccccc45)c3)n2)cc1. The molecule has 0 radical (unpaired) electrons. The second kappa shape index (κ2) is 13.4. The Morgan fingerprint density at radius 1 is 0.274 bits per heavy atom. The van der Waals surface area contributed by atoms with Crippen LogP contribution in [-0.2, 0) is 5.41 Å². The molecule has 0 unspecified atom stereocenters. The highest BCUT2D eigenvalue weighted by molar-refractivity contribution is 6.06. The molecule has 0 fully saturated rings. The maximum absolute atomic E-state index is 6.24. The van der Waals surface area contributed by atoms with Crippen molar-refractivity contribution in [2.24, 2.45) is 0 Å². The van der Waals surface area contributed by atoms with Gasteiger partial charge in [-0.15, -0.1) is 0 Å². The number of para-hydroxylation sites is 1. The highest BCUT2D eigenvalue weighted by Crippen LogP contribution is 2.63. The van der Waals surface area contributed by atoms with E-state index in [0.717, 1.165) is 55.3 Å². The van der Waals surface area contributed by atoms with Gasteiger partial charge in [-0.25, -0.2) is 15.0 Å². The van der Waals surface area contributed by atoms with Gasteiger partial charge in [0.2, 0.25) is 0 Å². The van der Waals surface area contributed by atoms with Gasteiger partial charge in [-0.2, -0.15) is 0 Å². The lowest BCUT2D eigenvalue weighted by molar-refractivity contribution is 0.669. The lowest BCUT2D eigenvalue weighted by Gasteiger charge is -2.30. The van der Waals surface area contributed by atoms with Crippen LogP contribution in [-0.4, -0.2) is 15.0 Å². The number of rotatable bonds is 5. The zero-order valence-corrected chi connectivity index (χ0v) is 33.5. The zero-order valence-electron chi connectivity index (χ0n) is 33.5. The molecular weight excluding hydrogens is 755 g/mol. The van der Waals surface area contributed by atoms with Gasteiger partial charge >= 0.3 is 0 Å². The van der Waals surface area contributed by atoms with E-state index in [9.17, 15) is 0 Å². The molecule has 0 N–H and O–H groups in total. The summed E-state index contributed by atoms with van der Waals surface area (Å²) in [6, 6.07) is 75.7. The van der Waals surface area contributed by atoms with Gasteiger partial charge in [-0.1, -0.05) is 182 Å². The summed E-state index contributed by atoms with van der Waals surface area (Å²) in [5.74, 6) is 1.87. The van der Waals surface area contributed by atoms with E-state index in [1.54, 1.807) is 0 Å². The molecule has 2 aliphatic rings. The normalized spacial score (nSPS) is 13.0. The van der Waals surface area contributed by atoms with E-state index < -0.39 is 0 Å². The molecular formula is C58H35N3O. The van der Waals surface area contributed by atoms with Gasteiger partial charge in [-0.05, 0) is 97.1 Å². The maximum atomic E-state index is 6.24. The van der Waals surface area contributed by atoms with Crippen molar-refractivity contribution in [3.05, 3.63) is 235 Å². The van der Waals surface area contributed by atoms with Crippen LogP contribution >= 0.6 is 0 Å². The van der Waals surface area contributed by atoms with Gasteiger partial charge in [0.05, 0.1) is 5.41 Å². The first-order chi connectivity index (χ1) is 30.7. The van der Waals surface area contributed by atoms with Crippen LogP contribution in [0.25, 0.3) is 101 Å². The molecule has 4 nitrogen and oxygen atoms in total. The van der Waals surface area contributed by atoms with Crippen molar-refractivity contribution in [1.29, 1.82) is 0 Å². The topological polar surface area (TPSA) is 51.8 Å². The molecule has 0 saturated heterocycles. The minimum atomic E-state index is -0.351. The van der Waals surface area contributed by atoms with Gasteiger partial charge in [0, 0.05) is 27.5 Å². The lowest BCUT2D eigenvalue weighted by atomic mass is 9.70. The van der Waals surface area contributed by atoms with E-state index in [1.807, 2.05) is 48.5 Å². The molecule has 2 aromatic heterocycles. The van der Waals surface area contributed by atoms with Crippen molar-refractivity contribution in [2.45, 2.75) is 5.41 Å². The molecule has 13 rings (SSSR count). The Bertz CT molecular complexity index is 3540. The number of benzene rings is 9. The number of aromatic nitrogens is 3. The molecule has 1 spiro atoms. The van der Waals surface area contributed by atoms with Gasteiger partial charge in [0.25, 0.3) is 0 Å². The fourth-order valence-electron chi connectivity index (χ4n) is 10.2. The molecule has 62 heavy (non-hydrogen) atoms. The van der Waals surface area contributed by atoms with Crippen LogP contribution in [0.5, 0.6) is 0 Å². The third-order valence-corrected chi connectivity index (χ3v) is 13.0. The highest BCUT2D eigenvalue weighted by Gasteiger charge is 2.51. The molecule has 2 aliphatic carbocycles. The summed E-state index contributed by atoms with van der Waals surface area (Å²) in [5.41, 5.74) is 19.2. The molecule has 9 aromatic carbocycles. The summed E-state index contributed by atoms with van der Waals surface area (Å²) < 4.78 is 6.24. The second-order valence-corrected chi connectivity index (χ2v) is 16.3. The number of nitrogens with zero attached hydrogens (tertiary/aromatic N) is 3. The average Bonchev–Trinajstić information content (AvgIpc) is 3.98. The Morgan fingerprint density at radius 2 is 0.726 bits per heavy atom. The van der Waals surface area contributed by atoms with Gasteiger partial charge in [0.15, 0.2) is 17.5 Å². The Kier molecular flexibility index (Phi) is 7.49. The highest BCUT2D eigenvalue weighted by atomic mass is 16.3. The van der Waals surface area contributed by atoms with Gasteiger partial charge < -0.3 is 4.42 Å². The summed E-state index contributed by atoms with van der Waals surface area (Å²) >= 11 is 0. The van der Waals surface area contributed by atoms with Crippen molar-refractivity contribution in [2.75, 3.05) is 0 Å². The summed E-state index contributed by atoms with van der Waals surface area (Å²) in [7, 11) is 0. The summed E-state index contributed by atoms with van der Waals surface area (Å²) in [6.45, 7) is 0. The van der Waals surface area contributed by atoms with E-state index in [4.69, 9.17) is 19.4 Å². The van der Waals surface area contributed by atoms with E-state index >= 15 is 0 Å². The van der Waals surface area contributed by atoms with E-state index in [0.29, 0.717) is 17.5 Å². The van der Waals surface area contributed by atoms with Crippen LogP contribution in [0.4, 0.5) is 0 Å². The lowest BCUT2D eigenvalue weighted by Crippen LogP contribution is -2.25. The fraction of sp³-hybridized carbons (Fsp3) is 0.0172. The summed E-state index contributed by atoms with van der Waals surface area (Å²) in [5, 5.41) is 2.23. The predicted molar refractivity (Wildman–Crippen MR) is 251 cm³/mol. The Morgan fingerprint density at radius 3 is 1.44 bits per heavy atom. The number of hydrogen-bond acceptors (Lipinski definition) is 4. The van der Waals surface area contributed by atoms with Crippen molar-refractivity contribution in [3.8, 4) is 78.7 Å². The van der Waals surface area contributed by atoms with Crippen molar-refractivity contribution in [1.82, 2.24) is 15.0 Å². The fourth-order valence-corrected chi connectivity index (χ4v) is 10.2. The van der Waals surface area contributed by atoms with Gasteiger partial charge in [0.1, 0.15) is 11.2 Å². The van der Waals surface area contributed by atoms with Crippen molar-refractivity contribution in [3.63, 3.8) is 0 Å². The van der Waals surface area contributed by atoms with Crippen LogP contribution in [0.15, 0.2) is 217 Å². The van der Waals surface area contributed by atoms with Crippen LogP contribution in [0.1, 0.15) is 22.3 Å². The first-order valence-corrected chi connectivity index (χ1v) is 21.1. The third-order valence-electron chi connectivity index (χ3n) is 13.0. The van der Waals surface area contributed by atoms with Crippen molar-refractivity contribution >= 4 is 21.9 Å². The van der Waals surface area contributed by atoms with Crippen LogP contribution < -0.4 is 0 Å². The van der Waals surface area contributed by atoms with Crippen LogP contribution in [0.3, 0.4) is 0 Å². The molecule has 4 heteroatoms. The Balaban J connectivity index is 0.885. The monoisotopic (exact) mass is 789 g/mol. The molecule has 0 aliphatic heterocycles. The molecule has 0 amide bonds. The Labute approximate surface area is 358 Å². The largest absolute Gasteiger partial charge is 0.456 e. The molecule has 0 atom stereocenters. The van der Waals surface area contributed by atoms with Crippen molar-refractivity contribution < 1.29 is 4.42 Å². The number of furan rings is 1. The Hall–Kier alpha value is -8.21. The quantitative estimate of drug-likeness (QED) is 0.174. The molecule has 11 aromatic rings. The molecule has 0 saturated carbocycles. The average molecular weight is 790 g/mol.